The predicted molar refractivity (Wildman–Crippen MR) is 73.6 cm³/mol. The van der Waals surface area contributed by atoms with E-state index in [1.807, 2.05) is 42.5 Å². The summed E-state index contributed by atoms with van der Waals surface area (Å²) in [5.41, 5.74) is 1.19. The van der Waals surface area contributed by atoms with Gasteiger partial charge in [-0.1, -0.05) is 38.1 Å². The first-order valence-corrected chi connectivity index (χ1v) is 6.11. The highest BCUT2D eigenvalue weighted by Gasteiger charge is 2.08. The van der Waals surface area contributed by atoms with Crippen LogP contribution < -0.4 is 9.47 Å². The molecule has 2 nitrogen and oxygen atoms in total. The van der Waals surface area contributed by atoms with Gasteiger partial charge in [-0.15, -0.1) is 0 Å². The lowest BCUT2D eigenvalue weighted by molar-refractivity contribution is 0.402. The lowest BCUT2D eigenvalue weighted by atomic mass is 10.0. The summed E-state index contributed by atoms with van der Waals surface area (Å²) in [5.74, 6) is 2.93. The Morgan fingerprint density at radius 2 is 1.61 bits per heavy atom. The Morgan fingerprint density at radius 3 is 2.22 bits per heavy atom. The molecule has 0 aliphatic carbocycles. The maximum atomic E-state index is 5.78. The quantitative estimate of drug-likeness (QED) is 0.779. The second-order valence-corrected chi connectivity index (χ2v) is 4.47. The summed E-state index contributed by atoms with van der Waals surface area (Å²) in [6.45, 7) is 4.30. The Labute approximate surface area is 108 Å². The summed E-state index contributed by atoms with van der Waals surface area (Å²) in [6.07, 6.45) is 0. The standard InChI is InChI=1S/C16H18O2/c1-12(2)15-10-9-14(11-16(15)17-3)18-13-7-5-4-6-8-13/h4-12H,1-3H3. The molecule has 18 heavy (non-hydrogen) atoms. The number of hydrogen-bond acceptors (Lipinski definition) is 2. The molecule has 0 amide bonds. The first-order valence-electron chi connectivity index (χ1n) is 6.11. The van der Waals surface area contributed by atoms with E-state index in [4.69, 9.17) is 9.47 Å². The average Bonchev–Trinajstić information content (AvgIpc) is 2.39. The Kier molecular flexibility index (Phi) is 3.88. The van der Waals surface area contributed by atoms with Crippen molar-refractivity contribution in [2.75, 3.05) is 7.11 Å². The summed E-state index contributed by atoms with van der Waals surface area (Å²) in [7, 11) is 1.69. The van der Waals surface area contributed by atoms with Gasteiger partial charge in [-0.3, -0.25) is 0 Å². The Hall–Kier alpha value is -1.96. The van der Waals surface area contributed by atoms with Crippen LogP contribution in [0, 0.1) is 0 Å². The van der Waals surface area contributed by atoms with Crippen molar-refractivity contribution in [3.63, 3.8) is 0 Å². The topological polar surface area (TPSA) is 18.5 Å². The van der Waals surface area contributed by atoms with Gasteiger partial charge in [-0.05, 0) is 29.7 Å². The molecule has 0 bridgehead atoms. The molecule has 94 valence electrons. The van der Waals surface area contributed by atoms with Crippen molar-refractivity contribution in [1.29, 1.82) is 0 Å². The van der Waals surface area contributed by atoms with Gasteiger partial charge in [-0.2, -0.15) is 0 Å². The molecule has 2 rings (SSSR count). The Balaban J connectivity index is 2.25. The second kappa shape index (κ2) is 5.58. The molecular weight excluding hydrogens is 224 g/mol. The first kappa shape index (κ1) is 12.5. The summed E-state index contributed by atoms with van der Waals surface area (Å²) < 4.78 is 11.2. The van der Waals surface area contributed by atoms with E-state index >= 15 is 0 Å². The third-order valence-corrected chi connectivity index (χ3v) is 2.81. The number of rotatable bonds is 4. The van der Waals surface area contributed by atoms with E-state index in [2.05, 4.69) is 19.9 Å². The second-order valence-electron chi connectivity index (χ2n) is 4.47. The predicted octanol–water partition coefficient (Wildman–Crippen LogP) is 4.61. The van der Waals surface area contributed by atoms with Crippen molar-refractivity contribution in [3.8, 4) is 17.2 Å². The van der Waals surface area contributed by atoms with Crippen LogP contribution in [0.5, 0.6) is 17.2 Å². The van der Waals surface area contributed by atoms with E-state index in [0.29, 0.717) is 5.92 Å². The number of ether oxygens (including phenoxy) is 2. The minimum atomic E-state index is 0.436. The van der Waals surface area contributed by atoms with E-state index in [9.17, 15) is 0 Å². The van der Waals surface area contributed by atoms with Gasteiger partial charge in [0.25, 0.3) is 0 Å². The number of para-hydroxylation sites is 1. The molecule has 0 unspecified atom stereocenters. The van der Waals surface area contributed by atoms with Crippen molar-refractivity contribution in [2.45, 2.75) is 19.8 Å². The minimum Gasteiger partial charge on any atom is -0.496 e. The molecule has 0 aliphatic rings. The SMILES string of the molecule is COc1cc(Oc2ccccc2)ccc1C(C)C. The number of hydrogen-bond donors (Lipinski definition) is 0. The van der Waals surface area contributed by atoms with Gasteiger partial charge < -0.3 is 9.47 Å². The summed E-state index contributed by atoms with van der Waals surface area (Å²) in [4.78, 5) is 0. The maximum absolute atomic E-state index is 5.78. The minimum absolute atomic E-state index is 0.436. The number of benzene rings is 2. The highest BCUT2D eigenvalue weighted by Crippen LogP contribution is 2.32. The van der Waals surface area contributed by atoms with Gasteiger partial charge in [0, 0.05) is 6.07 Å². The van der Waals surface area contributed by atoms with Gasteiger partial charge in [0.1, 0.15) is 17.2 Å². The van der Waals surface area contributed by atoms with Crippen LogP contribution in [-0.4, -0.2) is 7.11 Å². The van der Waals surface area contributed by atoms with Gasteiger partial charge in [0.05, 0.1) is 7.11 Å². The van der Waals surface area contributed by atoms with Crippen LogP contribution in [0.3, 0.4) is 0 Å². The first-order chi connectivity index (χ1) is 8.70. The Bertz CT molecular complexity index is 504. The van der Waals surface area contributed by atoms with Crippen LogP contribution in [0.1, 0.15) is 25.3 Å². The van der Waals surface area contributed by atoms with Crippen molar-refractivity contribution in [2.24, 2.45) is 0 Å². The fraction of sp³-hybridized carbons (Fsp3) is 0.250. The number of methoxy groups -OCH3 is 1. The van der Waals surface area contributed by atoms with E-state index in [-0.39, 0.29) is 0 Å². The van der Waals surface area contributed by atoms with Crippen molar-refractivity contribution < 1.29 is 9.47 Å². The molecule has 0 aliphatic heterocycles. The van der Waals surface area contributed by atoms with Gasteiger partial charge in [0.15, 0.2) is 0 Å². The van der Waals surface area contributed by atoms with E-state index in [1.54, 1.807) is 7.11 Å². The van der Waals surface area contributed by atoms with E-state index in [1.165, 1.54) is 5.56 Å². The molecule has 0 heterocycles. The molecule has 0 saturated carbocycles. The molecule has 0 aromatic heterocycles. The summed E-state index contributed by atoms with van der Waals surface area (Å²) in [6, 6.07) is 15.7. The van der Waals surface area contributed by atoms with Crippen LogP contribution in [0.15, 0.2) is 48.5 Å². The zero-order chi connectivity index (χ0) is 13.0. The van der Waals surface area contributed by atoms with Crippen LogP contribution in [-0.2, 0) is 0 Å². The van der Waals surface area contributed by atoms with Crippen LogP contribution >= 0.6 is 0 Å². The molecule has 2 aromatic rings. The normalized spacial score (nSPS) is 10.4. The molecule has 0 fully saturated rings. The molecule has 0 saturated heterocycles. The van der Waals surface area contributed by atoms with E-state index < -0.39 is 0 Å². The molecule has 0 radical (unpaired) electrons. The molecule has 2 aromatic carbocycles. The third-order valence-electron chi connectivity index (χ3n) is 2.81. The maximum Gasteiger partial charge on any atom is 0.131 e. The zero-order valence-corrected chi connectivity index (χ0v) is 11.0. The van der Waals surface area contributed by atoms with Crippen LogP contribution in [0.4, 0.5) is 0 Å². The monoisotopic (exact) mass is 242 g/mol. The average molecular weight is 242 g/mol. The highest BCUT2D eigenvalue weighted by atomic mass is 16.5. The highest BCUT2D eigenvalue weighted by molar-refractivity contribution is 5.43. The largest absolute Gasteiger partial charge is 0.496 e. The Morgan fingerprint density at radius 1 is 0.889 bits per heavy atom. The van der Waals surface area contributed by atoms with Crippen molar-refractivity contribution in [3.05, 3.63) is 54.1 Å². The molecular formula is C16H18O2. The molecule has 0 atom stereocenters. The van der Waals surface area contributed by atoms with Crippen molar-refractivity contribution in [1.82, 2.24) is 0 Å². The van der Waals surface area contributed by atoms with Crippen LogP contribution in [0.2, 0.25) is 0 Å². The van der Waals surface area contributed by atoms with Gasteiger partial charge in [-0.25, -0.2) is 0 Å². The molecule has 0 N–H and O–H groups in total. The summed E-state index contributed by atoms with van der Waals surface area (Å²) in [5, 5.41) is 0. The fourth-order valence-corrected chi connectivity index (χ4v) is 1.86. The van der Waals surface area contributed by atoms with E-state index in [0.717, 1.165) is 17.2 Å². The van der Waals surface area contributed by atoms with Crippen molar-refractivity contribution >= 4 is 0 Å². The van der Waals surface area contributed by atoms with Gasteiger partial charge in [0.2, 0.25) is 0 Å². The smallest absolute Gasteiger partial charge is 0.131 e. The molecule has 0 spiro atoms. The lowest BCUT2D eigenvalue weighted by Gasteiger charge is -2.13. The third kappa shape index (κ3) is 2.83. The van der Waals surface area contributed by atoms with Crippen LogP contribution in [0.25, 0.3) is 0 Å². The zero-order valence-electron chi connectivity index (χ0n) is 11.0. The lowest BCUT2D eigenvalue weighted by Crippen LogP contribution is -1.95. The summed E-state index contributed by atoms with van der Waals surface area (Å²) >= 11 is 0. The van der Waals surface area contributed by atoms with Gasteiger partial charge >= 0.3 is 0 Å². The fourth-order valence-electron chi connectivity index (χ4n) is 1.86. The molecule has 2 heteroatoms.